The lowest BCUT2D eigenvalue weighted by atomic mass is 9.95. The van der Waals surface area contributed by atoms with Crippen molar-refractivity contribution in [2.45, 2.75) is 32.2 Å². The summed E-state index contributed by atoms with van der Waals surface area (Å²) in [6.45, 7) is 4.02. The smallest absolute Gasteiger partial charge is 0.227 e. The van der Waals surface area contributed by atoms with E-state index in [4.69, 9.17) is 4.52 Å². The predicted molar refractivity (Wildman–Crippen MR) is 98.9 cm³/mol. The largest absolute Gasteiger partial charge is 0.352 e. The van der Waals surface area contributed by atoms with Crippen LogP contribution in [0.25, 0.3) is 11.5 Å². The number of amides is 1. The first kappa shape index (κ1) is 21.3. The lowest BCUT2D eigenvalue weighted by Gasteiger charge is -2.30. The summed E-state index contributed by atoms with van der Waals surface area (Å²) >= 11 is 0. The molecule has 0 saturated carbocycles. The molecule has 0 aromatic carbocycles. The summed E-state index contributed by atoms with van der Waals surface area (Å²) in [4.78, 5) is 20.5. The number of pyridine rings is 1. The maximum atomic E-state index is 12.1. The summed E-state index contributed by atoms with van der Waals surface area (Å²) in [6.07, 6.45) is 3.54. The molecule has 1 aliphatic rings. The molecule has 1 fully saturated rings. The average molecular weight is 388 g/mol. The van der Waals surface area contributed by atoms with Crippen molar-refractivity contribution in [1.29, 1.82) is 0 Å². The SMILES string of the molecule is CC1CCNCC1NC(=O)CCc1nc(-c2ccccn2)no1.Cl.Cl. The maximum Gasteiger partial charge on any atom is 0.227 e. The van der Waals surface area contributed by atoms with E-state index < -0.39 is 0 Å². The Balaban J connectivity index is 0.00000156. The fourth-order valence-electron chi connectivity index (χ4n) is 2.64. The number of rotatable bonds is 5. The van der Waals surface area contributed by atoms with E-state index in [0.29, 0.717) is 36.2 Å². The van der Waals surface area contributed by atoms with E-state index in [1.54, 1.807) is 6.20 Å². The summed E-state index contributed by atoms with van der Waals surface area (Å²) in [7, 11) is 0. The molecule has 3 heterocycles. The van der Waals surface area contributed by atoms with Gasteiger partial charge in [0.05, 0.1) is 0 Å². The Kier molecular flexibility index (Phi) is 8.82. The highest BCUT2D eigenvalue weighted by Crippen LogP contribution is 2.14. The molecule has 2 aromatic heterocycles. The Labute approximate surface area is 159 Å². The van der Waals surface area contributed by atoms with Crippen molar-refractivity contribution in [2.75, 3.05) is 13.1 Å². The Morgan fingerprint density at radius 3 is 2.96 bits per heavy atom. The van der Waals surface area contributed by atoms with Gasteiger partial charge in [-0.25, -0.2) is 0 Å². The molecule has 1 aliphatic heterocycles. The van der Waals surface area contributed by atoms with Gasteiger partial charge in [-0.3, -0.25) is 9.78 Å². The summed E-state index contributed by atoms with van der Waals surface area (Å²) in [5, 5.41) is 10.3. The number of halogens is 2. The standard InChI is InChI=1S/C16H21N5O2.2ClH/c1-11-7-9-17-10-13(11)19-14(22)5-6-15-20-16(21-23-15)12-4-2-3-8-18-12;;/h2-4,8,11,13,17H,5-7,9-10H2,1H3,(H,19,22);2*1H. The van der Waals surface area contributed by atoms with Crippen LogP contribution in [0.4, 0.5) is 0 Å². The zero-order chi connectivity index (χ0) is 16.1. The van der Waals surface area contributed by atoms with Gasteiger partial charge in [-0.05, 0) is 31.0 Å². The Morgan fingerprint density at radius 1 is 1.40 bits per heavy atom. The van der Waals surface area contributed by atoms with Crippen molar-refractivity contribution in [3.8, 4) is 11.5 Å². The molecule has 2 aromatic rings. The lowest BCUT2D eigenvalue weighted by Crippen LogP contribution is -2.50. The molecule has 25 heavy (non-hydrogen) atoms. The van der Waals surface area contributed by atoms with Crippen LogP contribution in [-0.4, -0.2) is 40.2 Å². The van der Waals surface area contributed by atoms with Crippen LogP contribution in [-0.2, 0) is 11.2 Å². The van der Waals surface area contributed by atoms with E-state index in [0.717, 1.165) is 19.5 Å². The maximum absolute atomic E-state index is 12.1. The van der Waals surface area contributed by atoms with Crippen LogP contribution >= 0.6 is 24.8 Å². The van der Waals surface area contributed by atoms with Crippen LogP contribution in [0, 0.1) is 5.92 Å². The molecule has 2 unspecified atom stereocenters. The Bertz CT molecular complexity index is 653. The van der Waals surface area contributed by atoms with Gasteiger partial charge in [0.2, 0.25) is 17.6 Å². The number of nitrogens with zero attached hydrogens (tertiary/aromatic N) is 3. The van der Waals surface area contributed by atoms with E-state index in [1.165, 1.54) is 0 Å². The third-order valence-electron chi connectivity index (χ3n) is 4.10. The van der Waals surface area contributed by atoms with Crippen LogP contribution in [0.15, 0.2) is 28.9 Å². The third kappa shape index (κ3) is 5.95. The first-order valence-corrected chi connectivity index (χ1v) is 7.96. The number of aromatic nitrogens is 3. The van der Waals surface area contributed by atoms with Crippen LogP contribution < -0.4 is 10.6 Å². The minimum absolute atomic E-state index is 0. The molecule has 1 saturated heterocycles. The normalized spacial score (nSPS) is 19.4. The van der Waals surface area contributed by atoms with Gasteiger partial charge in [-0.1, -0.05) is 18.1 Å². The second kappa shape index (κ2) is 10.3. The molecule has 2 atom stereocenters. The topological polar surface area (TPSA) is 92.9 Å². The highest BCUT2D eigenvalue weighted by Gasteiger charge is 2.22. The van der Waals surface area contributed by atoms with Crippen molar-refractivity contribution in [3.05, 3.63) is 30.3 Å². The quantitative estimate of drug-likeness (QED) is 0.814. The summed E-state index contributed by atoms with van der Waals surface area (Å²) in [5.41, 5.74) is 0.661. The molecule has 0 spiro atoms. The molecule has 9 heteroatoms. The number of carbonyl (C=O) groups is 1. The molecule has 2 N–H and O–H groups in total. The van der Waals surface area contributed by atoms with Gasteiger partial charge in [0.1, 0.15) is 5.69 Å². The Morgan fingerprint density at radius 2 is 2.24 bits per heavy atom. The first-order chi connectivity index (χ1) is 11.2. The van der Waals surface area contributed by atoms with Crippen LogP contribution in [0.5, 0.6) is 0 Å². The number of nitrogens with one attached hydrogen (secondary N) is 2. The number of hydrogen-bond donors (Lipinski definition) is 2. The zero-order valence-corrected chi connectivity index (χ0v) is 15.6. The highest BCUT2D eigenvalue weighted by atomic mass is 35.5. The Hall–Kier alpha value is -1.70. The van der Waals surface area contributed by atoms with Gasteiger partial charge >= 0.3 is 0 Å². The number of hydrogen-bond acceptors (Lipinski definition) is 6. The zero-order valence-electron chi connectivity index (χ0n) is 14.0. The molecule has 3 rings (SSSR count). The van der Waals surface area contributed by atoms with Gasteiger partial charge in [0.25, 0.3) is 0 Å². The summed E-state index contributed by atoms with van der Waals surface area (Å²) < 4.78 is 5.19. The molecule has 0 aliphatic carbocycles. The summed E-state index contributed by atoms with van der Waals surface area (Å²) in [5.74, 6) is 1.42. The average Bonchev–Trinajstić information content (AvgIpc) is 3.05. The minimum Gasteiger partial charge on any atom is -0.352 e. The van der Waals surface area contributed by atoms with Gasteiger partial charge in [-0.15, -0.1) is 24.8 Å². The van der Waals surface area contributed by atoms with E-state index in [9.17, 15) is 4.79 Å². The van der Waals surface area contributed by atoms with Gasteiger partial charge in [0.15, 0.2) is 0 Å². The van der Waals surface area contributed by atoms with Crippen molar-refractivity contribution in [1.82, 2.24) is 25.8 Å². The van der Waals surface area contributed by atoms with E-state index in [2.05, 4.69) is 32.7 Å². The monoisotopic (exact) mass is 387 g/mol. The van der Waals surface area contributed by atoms with Crippen molar-refractivity contribution < 1.29 is 9.32 Å². The molecular formula is C16H23Cl2N5O2. The van der Waals surface area contributed by atoms with Gasteiger partial charge < -0.3 is 15.2 Å². The second-order valence-electron chi connectivity index (χ2n) is 5.87. The lowest BCUT2D eigenvalue weighted by molar-refractivity contribution is -0.122. The first-order valence-electron chi connectivity index (χ1n) is 7.96. The van der Waals surface area contributed by atoms with Gasteiger partial charge in [0, 0.05) is 31.6 Å². The summed E-state index contributed by atoms with van der Waals surface area (Å²) in [6, 6.07) is 5.71. The molecule has 0 radical (unpaired) electrons. The van der Waals surface area contributed by atoms with Crippen molar-refractivity contribution in [2.24, 2.45) is 5.92 Å². The number of carbonyl (C=O) groups excluding carboxylic acids is 1. The molecular weight excluding hydrogens is 365 g/mol. The van der Waals surface area contributed by atoms with Gasteiger partial charge in [-0.2, -0.15) is 4.98 Å². The fourth-order valence-corrected chi connectivity index (χ4v) is 2.64. The molecule has 138 valence electrons. The van der Waals surface area contributed by atoms with Crippen LogP contribution in [0.2, 0.25) is 0 Å². The number of aryl methyl sites for hydroxylation is 1. The van der Waals surface area contributed by atoms with E-state index in [-0.39, 0.29) is 36.8 Å². The second-order valence-corrected chi connectivity index (χ2v) is 5.87. The third-order valence-corrected chi connectivity index (χ3v) is 4.10. The van der Waals surface area contributed by atoms with E-state index in [1.807, 2.05) is 18.2 Å². The molecule has 7 nitrogen and oxygen atoms in total. The van der Waals surface area contributed by atoms with Crippen LogP contribution in [0.3, 0.4) is 0 Å². The predicted octanol–water partition coefficient (Wildman–Crippen LogP) is 2.02. The van der Waals surface area contributed by atoms with Crippen LogP contribution in [0.1, 0.15) is 25.7 Å². The van der Waals surface area contributed by atoms with E-state index >= 15 is 0 Å². The highest BCUT2D eigenvalue weighted by molar-refractivity contribution is 5.85. The van der Waals surface area contributed by atoms with Crippen molar-refractivity contribution >= 4 is 30.7 Å². The fraction of sp³-hybridized carbons (Fsp3) is 0.500. The van der Waals surface area contributed by atoms with Crippen molar-refractivity contribution in [3.63, 3.8) is 0 Å². The number of piperidine rings is 1. The molecule has 1 amide bonds. The minimum atomic E-state index is 0. The molecule has 0 bridgehead atoms.